The molecule has 0 heterocycles. The van der Waals surface area contributed by atoms with E-state index < -0.39 is 0 Å². The van der Waals surface area contributed by atoms with Gasteiger partial charge in [-0.05, 0) is 43.4 Å². The first-order chi connectivity index (χ1) is 9.74. The van der Waals surface area contributed by atoms with Crippen molar-refractivity contribution >= 4 is 11.9 Å². The van der Waals surface area contributed by atoms with E-state index in [9.17, 15) is 4.79 Å². The quantitative estimate of drug-likeness (QED) is 0.542. The molecular weight excluding hydrogens is 244 g/mol. The van der Waals surface area contributed by atoms with Crippen molar-refractivity contribution in [3.63, 3.8) is 0 Å². The van der Waals surface area contributed by atoms with Crippen LogP contribution in [0.15, 0.2) is 54.1 Å². The summed E-state index contributed by atoms with van der Waals surface area (Å²) in [7, 11) is 0. The van der Waals surface area contributed by atoms with E-state index in [0.29, 0.717) is 0 Å². The first-order valence-electron chi connectivity index (χ1n) is 7.14. The molecule has 1 aliphatic carbocycles. The van der Waals surface area contributed by atoms with E-state index in [0.717, 1.165) is 36.0 Å². The van der Waals surface area contributed by atoms with E-state index in [1.807, 2.05) is 24.3 Å². The van der Waals surface area contributed by atoms with Gasteiger partial charge in [-0.1, -0.05) is 54.1 Å². The molecule has 0 aromatic heterocycles. The summed E-state index contributed by atoms with van der Waals surface area (Å²) in [5, 5.41) is 0. The summed E-state index contributed by atoms with van der Waals surface area (Å²) < 4.78 is 0. The van der Waals surface area contributed by atoms with Crippen molar-refractivity contribution in [3.8, 4) is 0 Å². The summed E-state index contributed by atoms with van der Waals surface area (Å²) in [6, 6.07) is 16.3. The number of carbonyl (C=O) groups excluding carboxylic acids is 1. The van der Waals surface area contributed by atoms with Gasteiger partial charge in [-0.25, -0.2) is 0 Å². The van der Waals surface area contributed by atoms with E-state index in [1.54, 1.807) is 0 Å². The summed E-state index contributed by atoms with van der Waals surface area (Å²) in [6.07, 6.45) is 4.95. The van der Waals surface area contributed by atoms with Crippen molar-refractivity contribution in [3.05, 3.63) is 76.4 Å². The van der Waals surface area contributed by atoms with Crippen LogP contribution in [0.2, 0.25) is 0 Å². The number of aryl methyl sites for hydroxylation is 2. The average molecular weight is 262 g/mol. The minimum absolute atomic E-state index is 0.194. The molecule has 0 amide bonds. The van der Waals surface area contributed by atoms with E-state index in [1.165, 1.54) is 11.1 Å². The molecule has 0 saturated heterocycles. The predicted octanol–water partition coefficient (Wildman–Crippen LogP) is 4.60. The van der Waals surface area contributed by atoms with Gasteiger partial charge in [0.1, 0.15) is 0 Å². The number of hydrogen-bond donors (Lipinski definition) is 0. The maximum Gasteiger partial charge on any atom is 0.189 e. The third-order valence-electron chi connectivity index (χ3n) is 3.83. The molecule has 0 N–H and O–H groups in total. The second kappa shape index (κ2) is 5.46. The number of hydrogen-bond acceptors (Lipinski definition) is 1. The molecule has 0 fully saturated rings. The zero-order chi connectivity index (χ0) is 13.9. The lowest BCUT2D eigenvalue weighted by Crippen LogP contribution is -2.03. The molecular formula is C19H18O. The van der Waals surface area contributed by atoms with Crippen molar-refractivity contribution < 1.29 is 4.79 Å². The predicted molar refractivity (Wildman–Crippen MR) is 82.9 cm³/mol. The van der Waals surface area contributed by atoms with Gasteiger partial charge in [0, 0.05) is 11.1 Å². The highest BCUT2D eigenvalue weighted by Gasteiger charge is 2.19. The van der Waals surface area contributed by atoms with E-state index in [4.69, 9.17) is 0 Å². The number of benzene rings is 2. The Morgan fingerprint density at radius 2 is 1.85 bits per heavy atom. The fourth-order valence-electron chi connectivity index (χ4n) is 2.81. The van der Waals surface area contributed by atoms with Gasteiger partial charge in [-0.3, -0.25) is 4.79 Å². The first-order valence-corrected chi connectivity index (χ1v) is 7.14. The standard InChI is InChI=1S/C19H18O/c1-14-6-4-7-15(12-14)13-17-10-5-9-16-8-2-3-11-18(16)19(17)20/h2-4,6-8,11-13H,5,9-10H2,1H3/b17-13-. The molecule has 2 aromatic carbocycles. The maximum absolute atomic E-state index is 12.7. The van der Waals surface area contributed by atoms with Gasteiger partial charge in [-0.15, -0.1) is 0 Å². The third kappa shape index (κ3) is 2.57. The van der Waals surface area contributed by atoms with Gasteiger partial charge in [0.25, 0.3) is 0 Å². The van der Waals surface area contributed by atoms with Crippen LogP contribution in [-0.4, -0.2) is 5.78 Å². The minimum atomic E-state index is 0.194. The minimum Gasteiger partial charge on any atom is -0.289 e. The van der Waals surface area contributed by atoms with E-state index in [-0.39, 0.29) is 5.78 Å². The second-order valence-corrected chi connectivity index (χ2v) is 5.42. The molecule has 0 radical (unpaired) electrons. The van der Waals surface area contributed by atoms with Crippen molar-refractivity contribution in [2.24, 2.45) is 0 Å². The fourth-order valence-corrected chi connectivity index (χ4v) is 2.81. The number of fused-ring (bicyclic) bond motifs is 1. The summed E-state index contributed by atoms with van der Waals surface area (Å²) >= 11 is 0. The van der Waals surface area contributed by atoms with Crippen LogP contribution in [0.3, 0.4) is 0 Å². The molecule has 20 heavy (non-hydrogen) atoms. The Balaban J connectivity index is 2.01. The molecule has 0 aliphatic heterocycles. The Morgan fingerprint density at radius 1 is 1.00 bits per heavy atom. The Labute approximate surface area is 120 Å². The summed E-state index contributed by atoms with van der Waals surface area (Å²) in [4.78, 5) is 12.7. The second-order valence-electron chi connectivity index (χ2n) is 5.42. The normalized spacial score (nSPS) is 16.9. The molecule has 0 bridgehead atoms. The number of ketones is 1. The van der Waals surface area contributed by atoms with E-state index >= 15 is 0 Å². The molecule has 0 spiro atoms. The van der Waals surface area contributed by atoms with Crippen LogP contribution in [0.1, 0.15) is 39.9 Å². The largest absolute Gasteiger partial charge is 0.289 e. The Hall–Kier alpha value is -2.15. The highest BCUT2D eigenvalue weighted by atomic mass is 16.1. The van der Waals surface area contributed by atoms with Crippen LogP contribution in [0.25, 0.3) is 6.08 Å². The van der Waals surface area contributed by atoms with Crippen molar-refractivity contribution in [1.29, 1.82) is 0 Å². The lowest BCUT2D eigenvalue weighted by atomic mass is 9.98. The average Bonchev–Trinajstić information content (AvgIpc) is 2.60. The highest BCUT2D eigenvalue weighted by molar-refractivity contribution is 6.12. The Kier molecular flexibility index (Phi) is 3.51. The zero-order valence-electron chi connectivity index (χ0n) is 11.7. The molecule has 1 nitrogen and oxygen atoms in total. The van der Waals surface area contributed by atoms with Crippen LogP contribution >= 0.6 is 0 Å². The molecule has 0 unspecified atom stereocenters. The summed E-state index contributed by atoms with van der Waals surface area (Å²) in [6.45, 7) is 2.08. The molecule has 2 aromatic rings. The monoisotopic (exact) mass is 262 g/mol. The van der Waals surface area contributed by atoms with Gasteiger partial charge in [0.15, 0.2) is 5.78 Å². The molecule has 0 saturated carbocycles. The number of carbonyl (C=O) groups is 1. The van der Waals surface area contributed by atoms with Gasteiger partial charge in [0.05, 0.1) is 0 Å². The maximum atomic E-state index is 12.7. The first kappa shape index (κ1) is 12.9. The summed E-state index contributed by atoms with van der Waals surface area (Å²) in [5.74, 6) is 0.194. The molecule has 0 atom stereocenters. The smallest absolute Gasteiger partial charge is 0.189 e. The van der Waals surface area contributed by atoms with E-state index in [2.05, 4.69) is 37.3 Å². The van der Waals surface area contributed by atoms with Crippen LogP contribution in [-0.2, 0) is 6.42 Å². The SMILES string of the molecule is Cc1cccc(/C=C2/CCCc3ccccc3C2=O)c1. The lowest BCUT2D eigenvalue weighted by Gasteiger charge is -2.05. The van der Waals surface area contributed by atoms with Crippen molar-refractivity contribution in [1.82, 2.24) is 0 Å². The lowest BCUT2D eigenvalue weighted by molar-refractivity contribution is 0.103. The van der Waals surface area contributed by atoms with Crippen molar-refractivity contribution in [2.75, 3.05) is 0 Å². The number of rotatable bonds is 1. The third-order valence-corrected chi connectivity index (χ3v) is 3.83. The Bertz CT molecular complexity index is 680. The van der Waals surface area contributed by atoms with Gasteiger partial charge in [-0.2, -0.15) is 0 Å². The van der Waals surface area contributed by atoms with Gasteiger partial charge < -0.3 is 0 Å². The van der Waals surface area contributed by atoms with Crippen LogP contribution in [0.5, 0.6) is 0 Å². The van der Waals surface area contributed by atoms with Gasteiger partial charge in [0.2, 0.25) is 0 Å². The molecule has 3 rings (SSSR count). The zero-order valence-corrected chi connectivity index (χ0v) is 11.7. The Morgan fingerprint density at radius 3 is 2.70 bits per heavy atom. The number of Topliss-reactive ketones (excluding diaryl/α,β-unsaturated/α-hetero) is 1. The topological polar surface area (TPSA) is 17.1 Å². The van der Waals surface area contributed by atoms with Crippen molar-refractivity contribution in [2.45, 2.75) is 26.2 Å². The molecule has 1 aliphatic rings. The van der Waals surface area contributed by atoms with Crippen LogP contribution < -0.4 is 0 Å². The number of allylic oxidation sites excluding steroid dienone is 1. The van der Waals surface area contributed by atoms with Crippen LogP contribution in [0, 0.1) is 6.92 Å². The van der Waals surface area contributed by atoms with Gasteiger partial charge >= 0.3 is 0 Å². The highest BCUT2D eigenvalue weighted by Crippen LogP contribution is 2.25. The van der Waals surface area contributed by atoms with Crippen LogP contribution in [0.4, 0.5) is 0 Å². The molecule has 1 heteroatoms. The summed E-state index contributed by atoms with van der Waals surface area (Å²) in [5.41, 5.74) is 5.34. The fraction of sp³-hybridized carbons (Fsp3) is 0.211. The molecule has 100 valence electrons.